The average Bonchev–Trinajstić information content (AvgIpc) is 3.18. The smallest absolute Gasteiger partial charge is 0.170 e. The standard InChI is InChI=1S/C19H26N4OS/c1-19(2,3)22-10-8-14(13-22)17-16(15-7-5-6-9-20-15)21-18(25)23(17)11-12-24-4/h5-10,13,16-17H,11-12H2,1-4H3,(H,21,25)/t16-,17+/m1/s1. The van der Waals surface area contributed by atoms with Crippen molar-refractivity contribution in [2.45, 2.75) is 38.4 Å². The summed E-state index contributed by atoms with van der Waals surface area (Å²) < 4.78 is 7.53. The summed E-state index contributed by atoms with van der Waals surface area (Å²) in [7, 11) is 1.72. The molecule has 25 heavy (non-hydrogen) atoms. The molecule has 1 N–H and O–H groups in total. The molecule has 1 aliphatic rings. The summed E-state index contributed by atoms with van der Waals surface area (Å²) in [6.07, 6.45) is 6.19. The van der Waals surface area contributed by atoms with Crippen LogP contribution < -0.4 is 5.32 Å². The number of rotatable bonds is 5. The predicted octanol–water partition coefficient (Wildman–Crippen LogP) is 3.26. The number of pyridine rings is 1. The van der Waals surface area contributed by atoms with E-state index >= 15 is 0 Å². The van der Waals surface area contributed by atoms with Gasteiger partial charge in [0.1, 0.15) is 0 Å². The highest BCUT2D eigenvalue weighted by atomic mass is 32.1. The fraction of sp³-hybridized carbons (Fsp3) is 0.474. The Hall–Kier alpha value is -1.92. The van der Waals surface area contributed by atoms with Crippen LogP contribution in [0.5, 0.6) is 0 Å². The average molecular weight is 359 g/mol. The molecule has 0 unspecified atom stereocenters. The predicted molar refractivity (Wildman–Crippen MR) is 103 cm³/mol. The first-order valence-corrected chi connectivity index (χ1v) is 8.98. The molecule has 1 aliphatic heterocycles. The van der Waals surface area contributed by atoms with Crippen molar-refractivity contribution in [2.75, 3.05) is 20.3 Å². The van der Waals surface area contributed by atoms with Crippen LogP contribution >= 0.6 is 12.2 Å². The molecule has 0 radical (unpaired) electrons. The molecule has 0 amide bonds. The third-order valence-corrected chi connectivity index (χ3v) is 4.92. The summed E-state index contributed by atoms with van der Waals surface area (Å²) in [6, 6.07) is 8.31. The van der Waals surface area contributed by atoms with Crippen LogP contribution in [0, 0.1) is 0 Å². The summed E-state index contributed by atoms with van der Waals surface area (Å²) in [6.45, 7) is 7.98. The highest BCUT2D eigenvalue weighted by Gasteiger charge is 2.40. The quantitative estimate of drug-likeness (QED) is 0.831. The van der Waals surface area contributed by atoms with E-state index in [4.69, 9.17) is 17.0 Å². The second-order valence-corrected chi connectivity index (χ2v) is 7.72. The second-order valence-electron chi connectivity index (χ2n) is 7.34. The first-order valence-electron chi connectivity index (χ1n) is 8.57. The zero-order valence-electron chi connectivity index (χ0n) is 15.3. The van der Waals surface area contributed by atoms with Crippen LogP contribution in [0.3, 0.4) is 0 Å². The van der Waals surface area contributed by atoms with Gasteiger partial charge >= 0.3 is 0 Å². The highest BCUT2D eigenvalue weighted by molar-refractivity contribution is 7.80. The van der Waals surface area contributed by atoms with Crippen LogP contribution in [-0.2, 0) is 10.3 Å². The normalized spacial score (nSPS) is 20.8. The van der Waals surface area contributed by atoms with Crippen molar-refractivity contribution >= 4 is 17.3 Å². The van der Waals surface area contributed by atoms with Crippen molar-refractivity contribution in [3.05, 3.63) is 54.1 Å². The van der Waals surface area contributed by atoms with Gasteiger partial charge in [-0.25, -0.2) is 0 Å². The van der Waals surface area contributed by atoms with Gasteiger partial charge in [-0.05, 0) is 56.8 Å². The van der Waals surface area contributed by atoms with E-state index in [1.54, 1.807) is 7.11 Å². The molecule has 2 atom stereocenters. The molecule has 5 nitrogen and oxygen atoms in total. The molecular formula is C19H26N4OS. The fourth-order valence-corrected chi connectivity index (χ4v) is 3.54. The molecule has 1 fully saturated rings. The molecule has 1 saturated heterocycles. The van der Waals surface area contributed by atoms with E-state index in [-0.39, 0.29) is 17.6 Å². The van der Waals surface area contributed by atoms with Gasteiger partial charge in [-0.2, -0.15) is 0 Å². The van der Waals surface area contributed by atoms with E-state index < -0.39 is 0 Å². The molecule has 3 heterocycles. The van der Waals surface area contributed by atoms with Crippen LogP contribution in [0.2, 0.25) is 0 Å². The molecule has 0 bridgehead atoms. The summed E-state index contributed by atoms with van der Waals surface area (Å²) in [5.41, 5.74) is 2.27. The van der Waals surface area contributed by atoms with Crippen molar-refractivity contribution < 1.29 is 4.74 Å². The molecular weight excluding hydrogens is 332 g/mol. The zero-order chi connectivity index (χ0) is 18.0. The monoisotopic (exact) mass is 358 g/mol. The topological polar surface area (TPSA) is 42.3 Å². The van der Waals surface area contributed by atoms with E-state index in [9.17, 15) is 0 Å². The molecule has 6 heteroatoms. The van der Waals surface area contributed by atoms with Crippen LogP contribution in [-0.4, -0.2) is 39.8 Å². The molecule has 0 spiro atoms. The maximum absolute atomic E-state index is 5.61. The zero-order valence-corrected chi connectivity index (χ0v) is 16.1. The van der Waals surface area contributed by atoms with Gasteiger partial charge in [0.15, 0.2) is 5.11 Å². The Morgan fingerprint density at radius 1 is 1.28 bits per heavy atom. The van der Waals surface area contributed by atoms with Gasteiger partial charge in [0.25, 0.3) is 0 Å². The Labute approximate surface area is 155 Å². The Kier molecular flexibility index (Phi) is 5.11. The summed E-state index contributed by atoms with van der Waals surface area (Å²) in [5.74, 6) is 0. The molecule has 0 aliphatic carbocycles. The van der Waals surface area contributed by atoms with Crippen molar-refractivity contribution in [3.8, 4) is 0 Å². The van der Waals surface area contributed by atoms with Gasteiger partial charge in [0, 0.05) is 37.8 Å². The van der Waals surface area contributed by atoms with E-state index in [1.807, 2.05) is 24.4 Å². The maximum atomic E-state index is 5.61. The lowest BCUT2D eigenvalue weighted by Crippen LogP contribution is -2.32. The number of hydrogen-bond donors (Lipinski definition) is 1. The van der Waals surface area contributed by atoms with Crippen LogP contribution in [0.25, 0.3) is 0 Å². The van der Waals surface area contributed by atoms with Gasteiger partial charge in [-0.1, -0.05) is 6.07 Å². The molecule has 2 aromatic heterocycles. The number of thiocarbonyl (C=S) groups is 1. The van der Waals surface area contributed by atoms with E-state index in [0.29, 0.717) is 6.61 Å². The lowest BCUT2D eigenvalue weighted by atomic mass is 9.99. The van der Waals surface area contributed by atoms with Crippen LogP contribution in [0.15, 0.2) is 42.9 Å². The SMILES string of the molecule is COCCN1C(=S)N[C@H](c2ccccn2)[C@@H]1c1ccn(C(C)(C)C)c1. The largest absolute Gasteiger partial charge is 0.383 e. The number of hydrogen-bond acceptors (Lipinski definition) is 3. The minimum atomic E-state index is 0.0291. The number of ether oxygens (including phenoxy) is 1. The first-order chi connectivity index (χ1) is 11.9. The number of methoxy groups -OCH3 is 1. The van der Waals surface area contributed by atoms with Crippen molar-refractivity contribution in [1.29, 1.82) is 0 Å². The Balaban J connectivity index is 1.98. The molecule has 0 aromatic carbocycles. The van der Waals surface area contributed by atoms with Gasteiger partial charge in [-0.15, -0.1) is 0 Å². The number of nitrogens with one attached hydrogen (secondary N) is 1. The van der Waals surface area contributed by atoms with Crippen molar-refractivity contribution in [2.24, 2.45) is 0 Å². The Morgan fingerprint density at radius 3 is 2.68 bits per heavy atom. The number of nitrogens with zero attached hydrogens (tertiary/aromatic N) is 3. The summed E-state index contributed by atoms with van der Waals surface area (Å²) in [4.78, 5) is 6.76. The molecule has 2 aromatic rings. The molecule has 134 valence electrons. The van der Waals surface area contributed by atoms with Gasteiger partial charge < -0.3 is 19.5 Å². The summed E-state index contributed by atoms with van der Waals surface area (Å²) in [5, 5.41) is 4.21. The summed E-state index contributed by atoms with van der Waals surface area (Å²) >= 11 is 5.61. The third kappa shape index (κ3) is 3.70. The lowest BCUT2D eigenvalue weighted by Gasteiger charge is -2.27. The fourth-order valence-electron chi connectivity index (χ4n) is 3.20. The number of aromatic nitrogens is 2. The van der Waals surface area contributed by atoms with E-state index in [0.717, 1.165) is 17.4 Å². The second kappa shape index (κ2) is 7.14. The molecule has 0 saturated carbocycles. The van der Waals surface area contributed by atoms with Gasteiger partial charge in [0.2, 0.25) is 0 Å². The van der Waals surface area contributed by atoms with Crippen LogP contribution in [0.1, 0.15) is 44.1 Å². The van der Waals surface area contributed by atoms with Crippen molar-refractivity contribution in [3.63, 3.8) is 0 Å². The highest BCUT2D eigenvalue weighted by Crippen LogP contribution is 2.38. The minimum Gasteiger partial charge on any atom is -0.383 e. The van der Waals surface area contributed by atoms with E-state index in [2.05, 4.69) is 59.0 Å². The molecule has 3 rings (SSSR count). The van der Waals surface area contributed by atoms with E-state index in [1.165, 1.54) is 5.56 Å². The lowest BCUT2D eigenvalue weighted by molar-refractivity contribution is 0.164. The minimum absolute atomic E-state index is 0.0291. The first kappa shape index (κ1) is 17.9. The van der Waals surface area contributed by atoms with Gasteiger partial charge in [-0.3, -0.25) is 4.98 Å². The maximum Gasteiger partial charge on any atom is 0.170 e. The Bertz CT molecular complexity index is 723. The third-order valence-electron chi connectivity index (χ3n) is 4.57. The Morgan fingerprint density at radius 2 is 2.08 bits per heavy atom. The van der Waals surface area contributed by atoms with Gasteiger partial charge in [0.05, 0.1) is 24.4 Å². The van der Waals surface area contributed by atoms with Crippen LogP contribution in [0.4, 0.5) is 0 Å². The van der Waals surface area contributed by atoms with Crippen molar-refractivity contribution in [1.82, 2.24) is 19.8 Å².